The highest BCUT2D eigenvalue weighted by molar-refractivity contribution is 5.83. The van der Waals surface area contributed by atoms with Gasteiger partial charge in [-0.05, 0) is 92.2 Å². The number of amidine groups is 1. The predicted octanol–water partition coefficient (Wildman–Crippen LogP) is 4.55. The molecule has 9 nitrogen and oxygen atoms in total. The molecule has 0 fully saturated rings. The summed E-state index contributed by atoms with van der Waals surface area (Å²) in [6, 6.07) is 13.1. The molecule has 0 aliphatic heterocycles. The molecule has 230 valence electrons. The number of hydrogen-bond acceptors (Lipinski definition) is 6. The summed E-state index contributed by atoms with van der Waals surface area (Å²) in [4.78, 5) is 24.2. The van der Waals surface area contributed by atoms with Gasteiger partial charge >= 0.3 is 11.9 Å². The molecular formula is C31H38F3N7O2. The van der Waals surface area contributed by atoms with Crippen LogP contribution in [0.15, 0.2) is 64.5 Å². The van der Waals surface area contributed by atoms with E-state index in [1.54, 1.807) is 32.4 Å². The zero-order chi connectivity index (χ0) is 31.0. The second kappa shape index (κ2) is 14.5. The fraction of sp³-hybridized carbons (Fsp3) is 0.387. The van der Waals surface area contributed by atoms with Crippen molar-refractivity contribution in [2.75, 3.05) is 26.8 Å². The third-order valence-electron chi connectivity index (χ3n) is 6.98. The molecule has 0 spiro atoms. The van der Waals surface area contributed by atoms with Crippen LogP contribution in [0.4, 0.5) is 13.2 Å². The van der Waals surface area contributed by atoms with Gasteiger partial charge in [-0.1, -0.05) is 12.1 Å². The minimum absolute atomic E-state index is 0.174. The van der Waals surface area contributed by atoms with E-state index in [4.69, 9.17) is 16.2 Å². The Balaban J connectivity index is 1.52. The molecule has 0 saturated carbocycles. The van der Waals surface area contributed by atoms with Crippen LogP contribution in [0.1, 0.15) is 42.9 Å². The average Bonchev–Trinajstić information content (AvgIpc) is 3.37. The van der Waals surface area contributed by atoms with Crippen LogP contribution in [0.3, 0.4) is 0 Å². The van der Waals surface area contributed by atoms with Crippen LogP contribution < -0.4 is 22.5 Å². The highest BCUT2D eigenvalue weighted by Crippen LogP contribution is 2.34. The Morgan fingerprint density at radius 1 is 1.14 bits per heavy atom. The molecule has 6 N–H and O–H groups in total. The largest absolute Gasteiger partial charge is 0.416 e. The maximum Gasteiger partial charge on any atom is 0.416 e. The fourth-order valence-electron chi connectivity index (χ4n) is 4.82. The van der Waals surface area contributed by atoms with Crippen molar-refractivity contribution < 1.29 is 17.9 Å². The Bertz CT molecular complexity index is 1590. The second-order valence-electron chi connectivity index (χ2n) is 10.6. The van der Waals surface area contributed by atoms with Gasteiger partial charge in [0.1, 0.15) is 5.65 Å². The topological polar surface area (TPSA) is 136 Å². The van der Waals surface area contributed by atoms with Gasteiger partial charge in [-0.15, -0.1) is 0 Å². The molecule has 0 radical (unpaired) electrons. The number of nitrogens with one attached hydrogen (secondary N) is 2. The summed E-state index contributed by atoms with van der Waals surface area (Å²) >= 11 is 0. The number of ether oxygens (including phenoxy) is 1. The van der Waals surface area contributed by atoms with Gasteiger partial charge in [-0.25, -0.2) is 4.79 Å². The van der Waals surface area contributed by atoms with Gasteiger partial charge < -0.3 is 26.5 Å². The summed E-state index contributed by atoms with van der Waals surface area (Å²) in [5.41, 5.74) is 13.6. The maximum absolute atomic E-state index is 13.8. The SMILES string of the molecule is COC[C@H](N)CCCc1cc(-c2cc3cn(-c4ccc(CNCCCN=C(C)N)cc4)c(=O)nc3[nH]2)cc(C(F)(F)F)c1. The number of H-pyrrole nitrogens is 1. The first-order valence-electron chi connectivity index (χ1n) is 14.2. The number of benzene rings is 2. The molecule has 12 heteroatoms. The number of alkyl halides is 3. The molecule has 0 aliphatic carbocycles. The van der Waals surface area contributed by atoms with Crippen LogP contribution in [0.25, 0.3) is 28.0 Å². The predicted molar refractivity (Wildman–Crippen MR) is 163 cm³/mol. The second-order valence-corrected chi connectivity index (χ2v) is 10.6. The van der Waals surface area contributed by atoms with Crippen LogP contribution in [0, 0.1) is 0 Å². The van der Waals surface area contributed by atoms with Gasteiger partial charge in [0.15, 0.2) is 0 Å². The van der Waals surface area contributed by atoms with E-state index in [2.05, 4.69) is 20.3 Å². The number of halogens is 3. The molecule has 43 heavy (non-hydrogen) atoms. The van der Waals surface area contributed by atoms with Crippen molar-refractivity contribution in [2.45, 2.75) is 51.4 Å². The van der Waals surface area contributed by atoms with Crippen LogP contribution in [-0.2, 0) is 23.9 Å². The van der Waals surface area contributed by atoms with E-state index in [0.717, 1.165) is 24.6 Å². The van der Waals surface area contributed by atoms with Crippen molar-refractivity contribution in [2.24, 2.45) is 16.5 Å². The number of fused-ring (bicyclic) bond motifs is 1. The zero-order valence-electron chi connectivity index (χ0n) is 24.4. The minimum atomic E-state index is -4.51. The highest BCUT2D eigenvalue weighted by Gasteiger charge is 2.31. The standard InChI is InChI=1S/C31H38F3N7O2/c1-20(35)38-12-4-11-37-17-21-7-9-27(10-8-21)41-18-24-16-28(39-29(24)40-30(41)42)23-13-22(5-3-6-26(36)19-43-2)14-25(15-23)31(32,33)34/h7-10,13-16,18,26,37H,3-6,11-12,17,19,36H2,1-2H3,(H2,35,38)(H,39,40,42)/t26-/m1/s1. The molecule has 0 amide bonds. The quantitative estimate of drug-likeness (QED) is 0.0957. The number of methoxy groups -OCH3 is 1. The Labute approximate surface area is 248 Å². The van der Waals surface area contributed by atoms with E-state index < -0.39 is 17.4 Å². The first-order valence-corrected chi connectivity index (χ1v) is 14.2. The first-order chi connectivity index (χ1) is 20.5. The number of rotatable bonds is 14. The summed E-state index contributed by atoms with van der Waals surface area (Å²) in [6.07, 6.45) is -0.305. The van der Waals surface area contributed by atoms with Crippen LogP contribution in [0.5, 0.6) is 0 Å². The summed E-state index contributed by atoms with van der Waals surface area (Å²) in [5.74, 6) is 0.574. The molecule has 0 aliphatic rings. The Morgan fingerprint density at radius 3 is 2.60 bits per heavy atom. The third-order valence-corrected chi connectivity index (χ3v) is 6.98. The summed E-state index contributed by atoms with van der Waals surface area (Å²) in [7, 11) is 1.56. The smallest absolute Gasteiger partial charge is 0.388 e. The van der Waals surface area contributed by atoms with E-state index in [0.29, 0.717) is 78.3 Å². The van der Waals surface area contributed by atoms with Crippen LogP contribution in [-0.4, -0.2) is 53.2 Å². The van der Waals surface area contributed by atoms with Gasteiger partial charge in [-0.3, -0.25) is 9.56 Å². The molecular weight excluding hydrogens is 559 g/mol. The summed E-state index contributed by atoms with van der Waals surface area (Å²) in [5, 5.41) is 3.95. The third kappa shape index (κ3) is 8.99. The molecule has 2 heterocycles. The Morgan fingerprint density at radius 2 is 1.91 bits per heavy atom. The number of nitrogens with two attached hydrogens (primary N) is 2. The lowest BCUT2D eigenvalue weighted by atomic mass is 9.98. The van der Waals surface area contributed by atoms with Crippen LogP contribution in [0.2, 0.25) is 0 Å². The van der Waals surface area contributed by atoms with Gasteiger partial charge in [0.2, 0.25) is 0 Å². The molecule has 4 aromatic rings. The van der Waals surface area contributed by atoms with E-state index in [-0.39, 0.29) is 6.04 Å². The molecule has 2 aromatic carbocycles. The Hall–Kier alpha value is -4.00. The minimum Gasteiger partial charge on any atom is -0.388 e. The van der Waals surface area contributed by atoms with Crippen molar-refractivity contribution in [1.82, 2.24) is 19.9 Å². The number of aromatic nitrogens is 3. The van der Waals surface area contributed by atoms with Crippen molar-refractivity contribution >= 4 is 16.9 Å². The number of nitrogens with zero attached hydrogens (tertiary/aromatic N) is 3. The summed E-state index contributed by atoms with van der Waals surface area (Å²) in [6.45, 7) is 4.29. The van der Waals surface area contributed by atoms with Gasteiger partial charge in [0.25, 0.3) is 0 Å². The molecule has 2 aromatic heterocycles. The van der Waals surface area contributed by atoms with Crippen molar-refractivity contribution in [3.63, 3.8) is 0 Å². The van der Waals surface area contributed by atoms with Crippen LogP contribution >= 0.6 is 0 Å². The molecule has 1 atom stereocenters. The monoisotopic (exact) mass is 597 g/mol. The molecule has 0 unspecified atom stereocenters. The molecule has 0 bridgehead atoms. The van der Waals surface area contributed by atoms with Crippen molar-refractivity contribution in [3.8, 4) is 16.9 Å². The van der Waals surface area contributed by atoms with Crippen molar-refractivity contribution in [1.29, 1.82) is 0 Å². The van der Waals surface area contributed by atoms with E-state index in [9.17, 15) is 18.0 Å². The lowest BCUT2D eigenvalue weighted by Gasteiger charge is -2.13. The van der Waals surface area contributed by atoms with Gasteiger partial charge in [0.05, 0.1) is 23.7 Å². The normalized spacial score (nSPS) is 13.1. The lowest BCUT2D eigenvalue weighted by molar-refractivity contribution is -0.137. The Kier molecular flexibility index (Phi) is 10.7. The van der Waals surface area contributed by atoms with Gasteiger partial charge in [-0.2, -0.15) is 18.2 Å². The zero-order valence-corrected chi connectivity index (χ0v) is 24.4. The first kappa shape index (κ1) is 31.9. The average molecular weight is 598 g/mol. The van der Waals surface area contributed by atoms with Gasteiger partial charge in [0, 0.05) is 43.5 Å². The van der Waals surface area contributed by atoms with E-state index >= 15 is 0 Å². The maximum atomic E-state index is 13.8. The number of aromatic amines is 1. The van der Waals surface area contributed by atoms with E-state index in [1.807, 2.05) is 24.3 Å². The van der Waals surface area contributed by atoms with E-state index in [1.165, 1.54) is 10.6 Å². The highest BCUT2D eigenvalue weighted by atomic mass is 19.4. The molecule has 0 saturated heterocycles. The molecule has 4 rings (SSSR count). The van der Waals surface area contributed by atoms with Crippen molar-refractivity contribution in [3.05, 3.63) is 81.9 Å². The number of hydrogen-bond donors (Lipinski definition) is 4. The lowest BCUT2D eigenvalue weighted by Crippen LogP contribution is -2.25. The fourth-order valence-corrected chi connectivity index (χ4v) is 4.82. The number of aryl methyl sites for hydroxylation is 1. The summed E-state index contributed by atoms with van der Waals surface area (Å²) < 4.78 is 47.8. The number of aliphatic imine (C=N–C) groups is 1.